The van der Waals surface area contributed by atoms with Gasteiger partial charge < -0.3 is 10.4 Å². The molecule has 0 saturated heterocycles. The van der Waals surface area contributed by atoms with Crippen molar-refractivity contribution in [1.82, 2.24) is 10.3 Å². The first-order valence-electron chi connectivity index (χ1n) is 7.47. The summed E-state index contributed by atoms with van der Waals surface area (Å²) in [6.45, 7) is 1.79. The fourth-order valence-electron chi connectivity index (χ4n) is 2.87. The SMILES string of the molecule is CC1=C(C#N)C(c2ccc(O)c(Cl)c2)C(C#N)=C(c2cccnc2)N1. The summed E-state index contributed by atoms with van der Waals surface area (Å²) in [6.07, 6.45) is 3.31. The van der Waals surface area contributed by atoms with E-state index >= 15 is 0 Å². The van der Waals surface area contributed by atoms with Crippen molar-refractivity contribution in [3.63, 3.8) is 0 Å². The lowest BCUT2D eigenvalue weighted by molar-refractivity contribution is 0.475. The fourth-order valence-corrected chi connectivity index (χ4v) is 3.06. The second-order valence-corrected chi connectivity index (χ2v) is 5.97. The Morgan fingerprint density at radius 2 is 1.96 bits per heavy atom. The Morgan fingerprint density at radius 3 is 2.56 bits per heavy atom. The van der Waals surface area contributed by atoms with Crippen LogP contribution in [0.5, 0.6) is 5.75 Å². The molecule has 122 valence electrons. The Hall–Kier alpha value is -3.28. The van der Waals surface area contributed by atoms with Crippen molar-refractivity contribution in [1.29, 1.82) is 10.5 Å². The lowest BCUT2D eigenvalue weighted by Crippen LogP contribution is -2.24. The first-order valence-corrected chi connectivity index (χ1v) is 7.85. The van der Waals surface area contributed by atoms with Gasteiger partial charge in [0.15, 0.2) is 0 Å². The number of hydrogen-bond acceptors (Lipinski definition) is 5. The van der Waals surface area contributed by atoms with Crippen LogP contribution in [0.1, 0.15) is 24.0 Å². The molecule has 6 heteroatoms. The molecule has 1 aliphatic heterocycles. The molecule has 1 aliphatic rings. The third kappa shape index (κ3) is 2.94. The van der Waals surface area contributed by atoms with E-state index in [2.05, 4.69) is 22.4 Å². The number of benzene rings is 1. The Morgan fingerprint density at radius 1 is 1.20 bits per heavy atom. The molecular weight excluding hydrogens is 336 g/mol. The molecule has 0 spiro atoms. The van der Waals surface area contributed by atoms with Crippen molar-refractivity contribution in [2.75, 3.05) is 0 Å². The summed E-state index contributed by atoms with van der Waals surface area (Å²) in [5.74, 6) is -0.613. The zero-order chi connectivity index (χ0) is 18.0. The van der Waals surface area contributed by atoms with Crippen LogP contribution in [0.2, 0.25) is 5.02 Å². The number of pyridine rings is 1. The predicted molar refractivity (Wildman–Crippen MR) is 94.1 cm³/mol. The van der Waals surface area contributed by atoms with E-state index in [1.807, 2.05) is 6.07 Å². The number of dihydropyridines is 1. The van der Waals surface area contributed by atoms with Crippen molar-refractivity contribution in [3.05, 3.63) is 75.7 Å². The molecule has 0 fully saturated rings. The summed E-state index contributed by atoms with van der Waals surface area (Å²) in [6, 6.07) is 12.7. The average Bonchev–Trinajstić information content (AvgIpc) is 2.63. The third-order valence-corrected chi connectivity index (χ3v) is 4.36. The molecule has 0 radical (unpaired) electrons. The summed E-state index contributed by atoms with van der Waals surface area (Å²) in [5, 5.41) is 32.4. The van der Waals surface area contributed by atoms with Crippen LogP contribution in [0.3, 0.4) is 0 Å². The number of phenolic OH excluding ortho intramolecular Hbond substituents is 1. The van der Waals surface area contributed by atoms with Crippen LogP contribution in [0.4, 0.5) is 0 Å². The molecule has 3 rings (SSSR count). The molecule has 25 heavy (non-hydrogen) atoms. The smallest absolute Gasteiger partial charge is 0.134 e. The second-order valence-electron chi connectivity index (χ2n) is 5.56. The van der Waals surface area contributed by atoms with E-state index in [0.717, 1.165) is 5.56 Å². The van der Waals surface area contributed by atoms with Crippen molar-refractivity contribution >= 4 is 17.3 Å². The van der Waals surface area contributed by atoms with E-state index in [4.69, 9.17) is 11.6 Å². The lowest BCUT2D eigenvalue weighted by atomic mass is 9.80. The highest BCUT2D eigenvalue weighted by Gasteiger charge is 2.31. The molecule has 0 aliphatic carbocycles. The van der Waals surface area contributed by atoms with Crippen molar-refractivity contribution in [2.24, 2.45) is 0 Å². The Kier molecular flexibility index (Phi) is 4.43. The van der Waals surface area contributed by atoms with Gasteiger partial charge in [0.2, 0.25) is 0 Å². The number of allylic oxidation sites excluding steroid dienone is 3. The van der Waals surface area contributed by atoms with Gasteiger partial charge in [0.25, 0.3) is 0 Å². The normalized spacial score (nSPS) is 16.9. The van der Waals surface area contributed by atoms with Gasteiger partial charge in [0.1, 0.15) is 5.75 Å². The number of nitrogens with zero attached hydrogens (tertiary/aromatic N) is 3. The highest BCUT2D eigenvalue weighted by atomic mass is 35.5. The number of rotatable bonds is 2. The van der Waals surface area contributed by atoms with Gasteiger partial charge in [0.05, 0.1) is 39.9 Å². The standard InChI is InChI=1S/C19H13ClN4O/c1-11-14(8-21)18(12-4-5-17(25)16(20)7-12)15(9-22)19(24-11)13-3-2-6-23-10-13/h2-7,10,18,24-25H,1H3. The highest BCUT2D eigenvalue weighted by molar-refractivity contribution is 6.32. The highest BCUT2D eigenvalue weighted by Crippen LogP contribution is 2.41. The molecule has 2 N–H and O–H groups in total. The van der Waals surface area contributed by atoms with E-state index in [9.17, 15) is 15.6 Å². The van der Waals surface area contributed by atoms with Crippen LogP contribution in [0, 0.1) is 22.7 Å². The topological polar surface area (TPSA) is 92.7 Å². The molecule has 5 nitrogen and oxygen atoms in total. The van der Waals surface area contributed by atoms with E-state index in [-0.39, 0.29) is 10.8 Å². The molecular formula is C19H13ClN4O. The minimum Gasteiger partial charge on any atom is -0.506 e. The van der Waals surface area contributed by atoms with Crippen LogP contribution in [0.15, 0.2) is 59.6 Å². The molecule has 1 unspecified atom stereocenters. The minimum atomic E-state index is -0.565. The summed E-state index contributed by atoms with van der Waals surface area (Å²) in [5.41, 5.74) is 3.53. The second kappa shape index (κ2) is 6.68. The zero-order valence-electron chi connectivity index (χ0n) is 13.3. The molecule has 2 aromatic rings. The predicted octanol–water partition coefficient (Wildman–Crippen LogP) is 3.86. The van der Waals surface area contributed by atoms with Gasteiger partial charge >= 0.3 is 0 Å². The number of hydrogen-bond donors (Lipinski definition) is 2. The van der Waals surface area contributed by atoms with Crippen LogP contribution in [0.25, 0.3) is 5.70 Å². The molecule has 0 amide bonds. The largest absolute Gasteiger partial charge is 0.506 e. The van der Waals surface area contributed by atoms with Gasteiger partial charge in [-0.3, -0.25) is 4.98 Å². The van der Waals surface area contributed by atoms with Gasteiger partial charge in [0, 0.05) is 23.7 Å². The van der Waals surface area contributed by atoms with Crippen LogP contribution in [-0.4, -0.2) is 10.1 Å². The lowest BCUT2D eigenvalue weighted by Gasteiger charge is -2.27. The van der Waals surface area contributed by atoms with E-state index in [1.165, 1.54) is 6.07 Å². The Labute approximate surface area is 150 Å². The van der Waals surface area contributed by atoms with Crippen molar-refractivity contribution < 1.29 is 5.11 Å². The number of nitriles is 2. The van der Waals surface area contributed by atoms with E-state index in [1.54, 1.807) is 37.5 Å². The van der Waals surface area contributed by atoms with Gasteiger partial charge in [-0.1, -0.05) is 17.7 Å². The first-order chi connectivity index (χ1) is 12.1. The maximum absolute atomic E-state index is 9.80. The van der Waals surface area contributed by atoms with Crippen molar-refractivity contribution in [2.45, 2.75) is 12.8 Å². The maximum atomic E-state index is 9.80. The van der Waals surface area contributed by atoms with E-state index < -0.39 is 5.92 Å². The number of aromatic nitrogens is 1. The number of halogens is 1. The number of aromatic hydroxyl groups is 1. The van der Waals surface area contributed by atoms with Crippen molar-refractivity contribution in [3.8, 4) is 17.9 Å². The summed E-state index contributed by atoms with van der Waals surface area (Å²) < 4.78 is 0. The van der Waals surface area contributed by atoms with E-state index in [0.29, 0.717) is 28.1 Å². The summed E-state index contributed by atoms with van der Waals surface area (Å²) in [4.78, 5) is 4.10. The van der Waals surface area contributed by atoms with Crippen LogP contribution < -0.4 is 5.32 Å². The summed E-state index contributed by atoms with van der Waals surface area (Å²) >= 11 is 6.03. The maximum Gasteiger partial charge on any atom is 0.134 e. The number of phenols is 1. The molecule has 1 atom stereocenters. The number of nitrogens with one attached hydrogen (secondary N) is 1. The monoisotopic (exact) mass is 348 g/mol. The molecule has 0 bridgehead atoms. The average molecular weight is 349 g/mol. The van der Waals surface area contributed by atoms with Crippen LogP contribution >= 0.6 is 11.6 Å². The Balaban J connectivity index is 2.25. The Bertz CT molecular complexity index is 981. The first kappa shape index (κ1) is 16.6. The summed E-state index contributed by atoms with van der Waals surface area (Å²) in [7, 11) is 0. The van der Waals surface area contributed by atoms with Crippen LogP contribution in [-0.2, 0) is 0 Å². The van der Waals surface area contributed by atoms with Gasteiger partial charge in [-0.25, -0.2) is 0 Å². The minimum absolute atomic E-state index is 0.0477. The zero-order valence-corrected chi connectivity index (χ0v) is 14.0. The third-order valence-electron chi connectivity index (χ3n) is 4.06. The quantitative estimate of drug-likeness (QED) is 0.859. The molecule has 1 aromatic heterocycles. The molecule has 0 saturated carbocycles. The van der Waals surface area contributed by atoms with Gasteiger partial charge in [-0.2, -0.15) is 10.5 Å². The molecule has 2 heterocycles. The van der Waals surface area contributed by atoms with Gasteiger partial charge in [-0.05, 0) is 36.8 Å². The fraction of sp³-hybridized carbons (Fsp3) is 0.105. The van der Waals surface area contributed by atoms with Gasteiger partial charge in [-0.15, -0.1) is 0 Å². The molecule has 1 aromatic carbocycles.